The zero-order valence-corrected chi connectivity index (χ0v) is 14.2. The first-order valence-electron chi connectivity index (χ1n) is 8.46. The number of imide groups is 1. The molecule has 9 nitrogen and oxygen atoms in total. The highest BCUT2D eigenvalue weighted by Crippen LogP contribution is 2.33. The molecule has 1 aromatic carbocycles. The summed E-state index contributed by atoms with van der Waals surface area (Å²) in [6.07, 6.45) is 0.835. The van der Waals surface area contributed by atoms with Crippen molar-refractivity contribution < 1.29 is 29.0 Å². The molecule has 0 spiro atoms. The van der Waals surface area contributed by atoms with E-state index in [1.165, 1.54) is 0 Å². The van der Waals surface area contributed by atoms with Crippen molar-refractivity contribution in [2.24, 2.45) is 0 Å². The van der Waals surface area contributed by atoms with Gasteiger partial charge in [-0.15, -0.1) is 0 Å². The standard InChI is InChI=1S/C17H21N3O6/c21-7-1-6-18-15(22)5-3-12-16(23)20(17(24)19-12)9-11-2-4-13-14(8-11)26-10-25-13/h2,4,8,12,21H,1,3,5-7,9-10H2,(H,18,22)(H,19,24)/t12-/m0/s1. The van der Waals surface area contributed by atoms with E-state index in [4.69, 9.17) is 14.6 Å². The van der Waals surface area contributed by atoms with E-state index >= 15 is 0 Å². The summed E-state index contributed by atoms with van der Waals surface area (Å²) in [5, 5.41) is 13.9. The van der Waals surface area contributed by atoms with Crippen molar-refractivity contribution in [1.29, 1.82) is 0 Å². The van der Waals surface area contributed by atoms with E-state index in [1.807, 2.05) is 0 Å². The Bertz CT molecular complexity index is 708. The predicted molar refractivity (Wildman–Crippen MR) is 89.4 cm³/mol. The summed E-state index contributed by atoms with van der Waals surface area (Å²) in [5.74, 6) is 0.659. The van der Waals surface area contributed by atoms with Crippen molar-refractivity contribution in [3.63, 3.8) is 0 Å². The van der Waals surface area contributed by atoms with Gasteiger partial charge >= 0.3 is 6.03 Å². The summed E-state index contributed by atoms with van der Waals surface area (Å²) in [5.41, 5.74) is 0.750. The van der Waals surface area contributed by atoms with Gasteiger partial charge in [0.15, 0.2) is 11.5 Å². The maximum Gasteiger partial charge on any atom is 0.325 e. The fourth-order valence-electron chi connectivity index (χ4n) is 2.81. The SMILES string of the molecule is O=C(CC[C@@H]1NC(=O)N(Cc2ccc3c(c2)OCO3)C1=O)NCCCO. The van der Waals surface area contributed by atoms with Crippen molar-refractivity contribution >= 4 is 17.8 Å². The van der Waals surface area contributed by atoms with E-state index in [0.29, 0.717) is 24.5 Å². The number of rotatable bonds is 8. The van der Waals surface area contributed by atoms with Gasteiger partial charge in [-0.1, -0.05) is 6.07 Å². The fraction of sp³-hybridized carbons (Fsp3) is 0.471. The molecule has 1 saturated heterocycles. The lowest BCUT2D eigenvalue weighted by Crippen LogP contribution is -2.32. The van der Waals surface area contributed by atoms with Crippen LogP contribution in [0.15, 0.2) is 18.2 Å². The minimum Gasteiger partial charge on any atom is -0.454 e. The number of nitrogens with zero attached hydrogens (tertiary/aromatic N) is 1. The van der Waals surface area contributed by atoms with Gasteiger partial charge in [0.1, 0.15) is 6.04 Å². The average molecular weight is 363 g/mol. The maximum atomic E-state index is 12.4. The van der Waals surface area contributed by atoms with Crippen molar-refractivity contribution in [3.05, 3.63) is 23.8 Å². The molecule has 1 atom stereocenters. The number of ether oxygens (including phenoxy) is 2. The third-order valence-electron chi connectivity index (χ3n) is 4.20. The third kappa shape index (κ3) is 4.05. The van der Waals surface area contributed by atoms with E-state index in [1.54, 1.807) is 18.2 Å². The van der Waals surface area contributed by atoms with Crippen molar-refractivity contribution in [3.8, 4) is 11.5 Å². The number of fused-ring (bicyclic) bond motifs is 1. The van der Waals surface area contributed by atoms with Crippen LogP contribution in [0.4, 0.5) is 4.79 Å². The molecule has 26 heavy (non-hydrogen) atoms. The second-order valence-electron chi connectivity index (χ2n) is 6.08. The van der Waals surface area contributed by atoms with Crippen LogP contribution in [0.2, 0.25) is 0 Å². The summed E-state index contributed by atoms with van der Waals surface area (Å²) in [7, 11) is 0. The minimum atomic E-state index is -0.708. The Labute approximate surface area is 150 Å². The monoisotopic (exact) mass is 363 g/mol. The number of benzene rings is 1. The number of nitrogens with one attached hydrogen (secondary N) is 2. The van der Waals surface area contributed by atoms with Gasteiger partial charge in [-0.25, -0.2) is 4.79 Å². The molecule has 2 aliphatic heterocycles. The molecule has 2 aliphatic rings. The number of hydrogen-bond acceptors (Lipinski definition) is 6. The van der Waals surface area contributed by atoms with E-state index in [-0.39, 0.29) is 44.6 Å². The first kappa shape index (κ1) is 18.0. The van der Waals surface area contributed by atoms with Gasteiger partial charge in [0, 0.05) is 19.6 Å². The normalized spacial score (nSPS) is 18.2. The van der Waals surface area contributed by atoms with Crippen LogP contribution in [-0.2, 0) is 16.1 Å². The second kappa shape index (κ2) is 8.05. The summed E-state index contributed by atoms with van der Waals surface area (Å²) < 4.78 is 10.5. The highest BCUT2D eigenvalue weighted by Gasteiger charge is 2.37. The maximum absolute atomic E-state index is 12.4. The van der Waals surface area contributed by atoms with Crippen LogP contribution in [-0.4, -0.2) is 53.8 Å². The Kier molecular flexibility index (Phi) is 5.57. The molecule has 1 fully saturated rings. The second-order valence-corrected chi connectivity index (χ2v) is 6.08. The fourth-order valence-corrected chi connectivity index (χ4v) is 2.81. The molecule has 1 aromatic rings. The molecule has 0 saturated carbocycles. The molecule has 3 rings (SSSR count). The lowest BCUT2D eigenvalue weighted by Gasteiger charge is -2.13. The van der Waals surface area contributed by atoms with Crippen LogP contribution >= 0.6 is 0 Å². The molecule has 140 valence electrons. The molecule has 9 heteroatoms. The summed E-state index contributed by atoms with van der Waals surface area (Å²) in [6, 6.07) is 4.07. The topological polar surface area (TPSA) is 117 Å². The minimum absolute atomic E-state index is 0.00622. The van der Waals surface area contributed by atoms with Crippen LogP contribution in [0.25, 0.3) is 0 Å². The summed E-state index contributed by atoms with van der Waals surface area (Å²) >= 11 is 0. The van der Waals surface area contributed by atoms with Crippen LogP contribution < -0.4 is 20.1 Å². The van der Waals surface area contributed by atoms with Crippen molar-refractivity contribution in [2.45, 2.75) is 31.8 Å². The number of aliphatic hydroxyl groups excluding tert-OH is 1. The first-order chi connectivity index (χ1) is 12.6. The number of carbonyl (C=O) groups is 3. The average Bonchev–Trinajstić information content (AvgIpc) is 3.19. The molecule has 0 aromatic heterocycles. The number of urea groups is 1. The van der Waals surface area contributed by atoms with Crippen LogP contribution in [0.5, 0.6) is 11.5 Å². The predicted octanol–water partition coefficient (Wildman–Crippen LogP) is 0.115. The molecule has 0 unspecified atom stereocenters. The largest absolute Gasteiger partial charge is 0.454 e. The molecule has 0 aliphatic carbocycles. The van der Waals surface area contributed by atoms with Gasteiger partial charge < -0.3 is 25.2 Å². The zero-order valence-electron chi connectivity index (χ0n) is 14.2. The van der Waals surface area contributed by atoms with E-state index in [9.17, 15) is 14.4 Å². The van der Waals surface area contributed by atoms with Crippen LogP contribution in [0.3, 0.4) is 0 Å². The Morgan fingerprint density at radius 1 is 1.31 bits per heavy atom. The van der Waals surface area contributed by atoms with Crippen molar-refractivity contribution in [1.82, 2.24) is 15.5 Å². The number of carbonyl (C=O) groups excluding carboxylic acids is 3. The number of hydrogen-bond donors (Lipinski definition) is 3. The molecule has 0 bridgehead atoms. The van der Waals surface area contributed by atoms with Gasteiger partial charge in [0.2, 0.25) is 12.7 Å². The highest BCUT2D eigenvalue weighted by atomic mass is 16.7. The number of amides is 4. The summed E-state index contributed by atoms with van der Waals surface area (Å²) in [4.78, 5) is 37.4. The first-order valence-corrected chi connectivity index (χ1v) is 8.46. The van der Waals surface area contributed by atoms with Gasteiger partial charge in [0.25, 0.3) is 5.91 Å². The lowest BCUT2D eigenvalue weighted by atomic mass is 10.1. The smallest absolute Gasteiger partial charge is 0.325 e. The van der Waals surface area contributed by atoms with Crippen molar-refractivity contribution in [2.75, 3.05) is 19.9 Å². The molecular formula is C17H21N3O6. The van der Waals surface area contributed by atoms with Crippen LogP contribution in [0.1, 0.15) is 24.8 Å². The summed E-state index contributed by atoms with van der Waals surface area (Å²) in [6.45, 7) is 0.674. The van der Waals surface area contributed by atoms with Gasteiger partial charge in [-0.3, -0.25) is 14.5 Å². The van der Waals surface area contributed by atoms with E-state index in [2.05, 4.69) is 10.6 Å². The molecule has 2 heterocycles. The van der Waals surface area contributed by atoms with E-state index < -0.39 is 12.1 Å². The third-order valence-corrected chi connectivity index (χ3v) is 4.20. The highest BCUT2D eigenvalue weighted by molar-refractivity contribution is 6.04. The number of aliphatic hydroxyl groups is 1. The Morgan fingerprint density at radius 3 is 2.92 bits per heavy atom. The van der Waals surface area contributed by atoms with Crippen LogP contribution in [0, 0.1) is 0 Å². The van der Waals surface area contributed by atoms with E-state index in [0.717, 1.165) is 10.5 Å². The Hall–Kier alpha value is -2.81. The van der Waals surface area contributed by atoms with Gasteiger partial charge in [-0.2, -0.15) is 0 Å². The van der Waals surface area contributed by atoms with Gasteiger partial charge in [0.05, 0.1) is 6.54 Å². The molecule has 4 amide bonds. The lowest BCUT2D eigenvalue weighted by molar-refractivity contribution is -0.128. The molecule has 3 N–H and O–H groups in total. The quantitative estimate of drug-likeness (QED) is 0.446. The Balaban J connectivity index is 1.53. The molecular weight excluding hydrogens is 342 g/mol. The zero-order chi connectivity index (χ0) is 18.5. The molecule has 0 radical (unpaired) electrons. The Morgan fingerprint density at radius 2 is 2.12 bits per heavy atom. The van der Waals surface area contributed by atoms with Gasteiger partial charge in [-0.05, 0) is 30.5 Å².